The second-order valence-corrected chi connectivity index (χ2v) is 7.84. The number of aromatic amines is 1. The van der Waals surface area contributed by atoms with E-state index in [1.807, 2.05) is 18.4 Å². The lowest BCUT2D eigenvalue weighted by Gasteiger charge is -2.10. The summed E-state index contributed by atoms with van der Waals surface area (Å²) in [5.74, 6) is 0.372. The van der Waals surface area contributed by atoms with E-state index >= 15 is 0 Å². The number of amides is 1. The minimum atomic E-state index is -0.290. The van der Waals surface area contributed by atoms with Crippen LogP contribution in [-0.4, -0.2) is 25.7 Å². The molecule has 1 aromatic carbocycles. The molecule has 2 N–H and O–H groups in total. The number of carbonyl (C=O) groups is 1. The van der Waals surface area contributed by atoms with Crippen molar-refractivity contribution in [2.45, 2.75) is 26.4 Å². The molecule has 26 heavy (non-hydrogen) atoms. The minimum Gasteiger partial charge on any atom is -0.343 e. The van der Waals surface area contributed by atoms with E-state index in [9.17, 15) is 4.79 Å². The van der Waals surface area contributed by atoms with Crippen LogP contribution in [0.2, 0.25) is 10.0 Å². The third-order valence-electron chi connectivity index (χ3n) is 3.60. The van der Waals surface area contributed by atoms with Gasteiger partial charge in [0.1, 0.15) is 10.7 Å². The number of nitrogens with zero attached hydrogens (tertiary/aromatic N) is 3. The van der Waals surface area contributed by atoms with E-state index in [1.165, 1.54) is 11.3 Å². The van der Waals surface area contributed by atoms with Crippen molar-refractivity contribution in [2.75, 3.05) is 0 Å². The number of aromatic nitrogens is 4. The van der Waals surface area contributed by atoms with Gasteiger partial charge in [-0.25, -0.2) is 4.98 Å². The normalized spacial score (nSPS) is 11.1. The molecule has 0 aliphatic heterocycles. The number of H-pyrrole nitrogens is 1. The summed E-state index contributed by atoms with van der Waals surface area (Å²) in [6.45, 7) is 4.25. The first-order valence-corrected chi connectivity index (χ1v) is 9.76. The van der Waals surface area contributed by atoms with Crippen molar-refractivity contribution < 1.29 is 4.79 Å². The molecular formula is C16H15Cl2N5OS2. The van der Waals surface area contributed by atoms with E-state index < -0.39 is 0 Å². The molecule has 6 nitrogen and oxygen atoms in total. The Morgan fingerprint density at radius 1 is 1.42 bits per heavy atom. The summed E-state index contributed by atoms with van der Waals surface area (Å²) in [6, 6.07) is 5.31. The van der Waals surface area contributed by atoms with Crippen molar-refractivity contribution >= 4 is 52.7 Å². The number of rotatable bonds is 5. The summed E-state index contributed by atoms with van der Waals surface area (Å²) in [5.41, 5.74) is 1.06. The van der Waals surface area contributed by atoms with E-state index in [0.29, 0.717) is 31.3 Å². The fraction of sp³-hybridized carbons (Fsp3) is 0.250. The Kier molecular flexibility index (Phi) is 5.76. The van der Waals surface area contributed by atoms with Crippen LogP contribution >= 0.6 is 46.8 Å². The first-order chi connectivity index (χ1) is 12.4. The lowest BCUT2D eigenvalue weighted by molar-refractivity contribution is 0.0945. The summed E-state index contributed by atoms with van der Waals surface area (Å²) >= 11 is 18.7. The van der Waals surface area contributed by atoms with Crippen LogP contribution in [-0.2, 0) is 6.54 Å². The third-order valence-corrected chi connectivity index (χ3v) is 5.31. The SMILES string of the molecule is CC(C)n1c(CNC(=O)c2csc(-c3ccc(Cl)cc3Cl)n2)n[nH]c1=S. The van der Waals surface area contributed by atoms with E-state index in [2.05, 4.69) is 20.5 Å². The quantitative estimate of drug-likeness (QED) is 0.568. The average molecular weight is 428 g/mol. The lowest BCUT2D eigenvalue weighted by Crippen LogP contribution is -2.25. The summed E-state index contributed by atoms with van der Waals surface area (Å²) in [7, 11) is 0. The smallest absolute Gasteiger partial charge is 0.271 e. The van der Waals surface area contributed by atoms with Crippen LogP contribution < -0.4 is 5.32 Å². The second kappa shape index (κ2) is 7.87. The zero-order chi connectivity index (χ0) is 18.8. The topological polar surface area (TPSA) is 75.6 Å². The molecule has 3 rings (SSSR count). The van der Waals surface area contributed by atoms with Crippen molar-refractivity contribution in [2.24, 2.45) is 0 Å². The standard InChI is InChI=1S/C16H15Cl2N5OS2/c1-8(2)23-13(21-22-16(23)25)6-19-14(24)12-7-26-15(20-12)10-4-3-9(17)5-11(10)18/h3-5,7-8H,6H2,1-2H3,(H,19,24)(H,22,25). The van der Waals surface area contributed by atoms with Gasteiger partial charge >= 0.3 is 0 Å². The van der Waals surface area contributed by atoms with E-state index in [4.69, 9.17) is 35.4 Å². The van der Waals surface area contributed by atoms with Crippen molar-refractivity contribution in [3.63, 3.8) is 0 Å². The van der Waals surface area contributed by atoms with E-state index in [0.717, 1.165) is 5.56 Å². The number of carbonyl (C=O) groups excluding carboxylic acids is 1. The van der Waals surface area contributed by atoms with Gasteiger partial charge < -0.3 is 9.88 Å². The van der Waals surface area contributed by atoms with Crippen molar-refractivity contribution in [3.05, 3.63) is 49.9 Å². The van der Waals surface area contributed by atoms with Crippen molar-refractivity contribution in [1.29, 1.82) is 0 Å². The maximum Gasteiger partial charge on any atom is 0.271 e. The third kappa shape index (κ3) is 3.98. The monoisotopic (exact) mass is 427 g/mol. The van der Waals surface area contributed by atoms with Crippen LogP contribution in [0.3, 0.4) is 0 Å². The minimum absolute atomic E-state index is 0.145. The Bertz CT molecular complexity index is 1010. The Morgan fingerprint density at radius 2 is 2.19 bits per heavy atom. The molecule has 1 amide bonds. The van der Waals surface area contributed by atoms with Crippen LogP contribution in [0.1, 0.15) is 36.2 Å². The molecule has 0 atom stereocenters. The maximum atomic E-state index is 12.4. The Morgan fingerprint density at radius 3 is 2.88 bits per heavy atom. The van der Waals surface area contributed by atoms with E-state index in [1.54, 1.807) is 23.6 Å². The fourth-order valence-corrected chi connectivity index (χ4v) is 4.16. The van der Waals surface area contributed by atoms with Gasteiger partial charge in [0, 0.05) is 22.0 Å². The molecule has 0 saturated heterocycles. The molecule has 0 aliphatic rings. The number of hydrogen-bond acceptors (Lipinski definition) is 5. The second-order valence-electron chi connectivity index (χ2n) is 5.75. The molecule has 0 saturated carbocycles. The predicted molar refractivity (Wildman–Crippen MR) is 107 cm³/mol. The highest BCUT2D eigenvalue weighted by Gasteiger charge is 2.15. The molecule has 0 unspecified atom stereocenters. The van der Waals surface area contributed by atoms with Crippen LogP contribution in [0.25, 0.3) is 10.6 Å². The average Bonchev–Trinajstić information content (AvgIpc) is 3.19. The highest BCUT2D eigenvalue weighted by Crippen LogP contribution is 2.32. The summed E-state index contributed by atoms with van der Waals surface area (Å²) in [4.78, 5) is 16.8. The van der Waals surface area contributed by atoms with Crippen LogP contribution in [0, 0.1) is 4.77 Å². The van der Waals surface area contributed by atoms with Gasteiger partial charge in [-0.3, -0.25) is 9.89 Å². The summed E-state index contributed by atoms with van der Waals surface area (Å²) in [6.07, 6.45) is 0. The lowest BCUT2D eigenvalue weighted by atomic mass is 10.2. The van der Waals surface area contributed by atoms with Gasteiger partial charge in [-0.05, 0) is 44.3 Å². The molecule has 0 radical (unpaired) electrons. The molecule has 0 bridgehead atoms. The van der Waals surface area contributed by atoms with Crippen molar-refractivity contribution in [3.8, 4) is 10.6 Å². The van der Waals surface area contributed by atoms with Gasteiger partial charge in [0.15, 0.2) is 10.6 Å². The van der Waals surface area contributed by atoms with Gasteiger partial charge in [-0.15, -0.1) is 11.3 Å². The first kappa shape index (κ1) is 19.0. The molecule has 2 heterocycles. The number of hydrogen-bond donors (Lipinski definition) is 2. The van der Waals surface area contributed by atoms with Gasteiger partial charge in [0.25, 0.3) is 5.91 Å². The number of benzene rings is 1. The Hall–Kier alpha value is -1.74. The maximum absolute atomic E-state index is 12.4. The zero-order valence-corrected chi connectivity index (χ0v) is 17.1. The van der Waals surface area contributed by atoms with Crippen LogP contribution in [0.4, 0.5) is 0 Å². The Balaban J connectivity index is 1.74. The van der Waals surface area contributed by atoms with Gasteiger partial charge in [0.05, 0.1) is 11.6 Å². The molecule has 3 aromatic rings. The summed E-state index contributed by atoms with van der Waals surface area (Å²) in [5, 5.41) is 13.1. The molecule has 0 spiro atoms. The zero-order valence-electron chi connectivity index (χ0n) is 13.9. The molecule has 0 aliphatic carbocycles. The molecular weight excluding hydrogens is 413 g/mol. The molecule has 10 heteroatoms. The highest BCUT2D eigenvalue weighted by molar-refractivity contribution is 7.71. The number of nitrogens with one attached hydrogen (secondary N) is 2. The van der Waals surface area contributed by atoms with Crippen LogP contribution in [0.15, 0.2) is 23.6 Å². The van der Waals surface area contributed by atoms with Crippen molar-refractivity contribution in [1.82, 2.24) is 25.1 Å². The number of halogens is 2. The van der Waals surface area contributed by atoms with Gasteiger partial charge in [-0.2, -0.15) is 5.10 Å². The van der Waals surface area contributed by atoms with E-state index in [-0.39, 0.29) is 18.5 Å². The Labute approximate surface area is 169 Å². The summed E-state index contributed by atoms with van der Waals surface area (Å²) < 4.78 is 2.38. The highest BCUT2D eigenvalue weighted by atomic mass is 35.5. The predicted octanol–water partition coefficient (Wildman–Crippen LogP) is 4.88. The van der Waals surface area contributed by atoms with Gasteiger partial charge in [-0.1, -0.05) is 23.2 Å². The number of thiazole rings is 1. The van der Waals surface area contributed by atoms with Gasteiger partial charge in [0.2, 0.25) is 0 Å². The molecule has 0 fully saturated rings. The molecule has 136 valence electrons. The molecule has 2 aromatic heterocycles. The van der Waals surface area contributed by atoms with Crippen LogP contribution in [0.5, 0.6) is 0 Å². The fourth-order valence-electron chi connectivity index (χ4n) is 2.41. The first-order valence-electron chi connectivity index (χ1n) is 7.71. The largest absolute Gasteiger partial charge is 0.343 e.